The first-order chi connectivity index (χ1) is 12.4. The maximum Gasteiger partial charge on any atom is 0.232 e. The van der Waals surface area contributed by atoms with Crippen LogP contribution in [0.15, 0.2) is 33.8 Å². The minimum atomic E-state index is -0.146. The van der Waals surface area contributed by atoms with Crippen molar-refractivity contribution < 1.29 is 4.52 Å². The third kappa shape index (κ3) is 6.50. The van der Waals surface area contributed by atoms with Gasteiger partial charge in [0.2, 0.25) is 5.89 Å². The fraction of sp³-hybridized carbons (Fsp3) is 0.550. The smallest absolute Gasteiger partial charge is 0.232 e. The molecule has 0 radical (unpaired) electrons. The van der Waals surface area contributed by atoms with Gasteiger partial charge in [0.1, 0.15) is 0 Å². The maximum atomic E-state index is 5.34. The summed E-state index contributed by atoms with van der Waals surface area (Å²) in [7, 11) is 0. The highest BCUT2D eigenvalue weighted by Crippen LogP contribution is 2.19. The van der Waals surface area contributed by atoms with Crippen LogP contribution in [0.1, 0.15) is 63.4 Å². The minimum Gasteiger partial charge on any atom is -0.356 e. The number of nitrogens with zero attached hydrogens (tertiary/aromatic N) is 3. The van der Waals surface area contributed by atoms with E-state index in [4.69, 9.17) is 4.52 Å². The van der Waals surface area contributed by atoms with Gasteiger partial charge in [-0.15, -0.1) is 0 Å². The van der Waals surface area contributed by atoms with Gasteiger partial charge in [0.15, 0.2) is 11.8 Å². The van der Waals surface area contributed by atoms with Gasteiger partial charge in [-0.1, -0.05) is 69.1 Å². The van der Waals surface area contributed by atoms with Crippen LogP contribution in [0.4, 0.5) is 0 Å². The summed E-state index contributed by atoms with van der Waals surface area (Å²) in [6.07, 6.45) is 2.24. The van der Waals surface area contributed by atoms with E-state index in [9.17, 15) is 0 Å². The second-order valence-electron chi connectivity index (χ2n) is 7.55. The van der Waals surface area contributed by atoms with Crippen LogP contribution < -0.4 is 10.6 Å². The molecule has 0 spiro atoms. The van der Waals surface area contributed by atoms with Crippen LogP contribution in [-0.2, 0) is 18.5 Å². The van der Waals surface area contributed by atoms with Crippen molar-refractivity contribution in [3.8, 4) is 0 Å². The number of aliphatic imine (C=N–C) groups is 1. The maximum absolute atomic E-state index is 5.34. The Morgan fingerprint density at radius 1 is 1.15 bits per heavy atom. The van der Waals surface area contributed by atoms with Crippen molar-refractivity contribution in [3.63, 3.8) is 0 Å². The van der Waals surface area contributed by atoms with Crippen LogP contribution in [0.3, 0.4) is 0 Å². The lowest BCUT2D eigenvalue weighted by Crippen LogP contribution is -2.37. The summed E-state index contributed by atoms with van der Waals surface area (Å²) >= 11 is 0. The average molecular weight is 358 g/mol. The molecule has 26 heavy (non-hydrogen) atoms. The molecule has 0 fully saturated rings. The second kappa shape index (κ2) is 9.36. The number of hydrogen-bond acceptors (Lipinski definition) is 4. The van der Waals surface area contributed by atoms with Crippen LogP contribution in [0.2, 0.25) is 0 Å². The lowest BCUT2D eigenvalue weighted by molar-refractivity contribution is 0.318. The summed E-state index contributed by atoms with van der Waals surface area (Å²) in [6, 6.07) is 8.43. The summed E-state index contributed by atoms with van der Waals surface area (Å²) in [5.41, 5.74) is 2.29. The first-order valence-corrected chi connectivity index (χ1v) is 9.29. The van der Waals surface area contributed by atoms with E-state index in [-0.39, 0.29) is 5.41 Å². The Morgan fingerprint density at radius 2 is 1.88 bits per heavy atom. The molecule has 1 aromatic carbocycles. The first-order valence-electron chi connectivity index (χ1n) is 9.29. The monoisotopic (exact) mass is 357 g/mol. The van der Waals surface area contributed by atoms with E-state index >= 15 is 0 Å². The number of benzene rings is 1. The van der Waals surface area contributed by atoms with E-state index in [2.05, 4.69) is 84.7 Å². The van der Waals surface area contributed by atoms with E-state index in [1.165, 1.54) is 11.1 Å². The zero-order valence-corrected chi connectivity index (χ0v) is 16.6. The van der Waals surface area contributed by atoms with Crippen molar-refractivity contribution in [1.82, 2.24) is 20.8 Å². The second-order valence-corrected chi connectivity index (χ2v) is 7.55. The van der Waals surface area contributed by atoms with Crippen molar-refractivity contribution in [1.29, 1.82) is 0 Å². The minimum absolute atomic E-state index is 0.146. The molecule has 0 saturated heterocycles. The van der Waals surface area contributed by atoms with E-state index in [1.54, 1.807) is 0 Å². The topological polar surface area (TPSA) is 75.3 Å². The zero-order valence-electron chi connectivity index (χ0n) is 16.6. The summed E-state index contributed by atoms with van der Waals surface area (Å²) in [4.78, 5) is 9.13. The van der Waals surface area contributed by atoms with Gasteiger partial charge in [0.25, 0.3) is 0 Å². The molecule has 0 aliphatic rings. The summed E-state index contributed by atoms with van der Waals surface area (Å²) < 4.78 is 5.34. The lowest BCUT2D eigenvalue weighted by atomic mass is 9.97. The molecular weight excluding hydrogens is 326 g/mol. The van der Waals surface area contributed by atoms with E-state index < -0.39 is 0 Å². The Kier molecular flexibility index (Phi) is 7.18. The number of aryl methyl sites for hydroxylation is 1. The number of aromatic nitrogens is 2. The van der Waals surface area contributed by atoms with E-state index in [0.717, 1.165) is 25.3 Å². The zero-order chi connectivity index (χ0) is 19.0. The summed E-state index contributed by atoms with van der Waals surface area (Å²) in [6.45, 7) is 12.4. The molecular formula is C20H31N5O. The molecule has 142 valence electrons. The van der Waals surface area contributed by atoms with Crippen molar-refractivity contribution in [2.24, 2.45) is 4.99 Å². The highest BCUT2D eigenvalue weighted by Gasteiger charge is 2.21. The fourth-order valence-electron chi connectivity index (χ4n) is 2.21. The molecule has 0 unspecified atom stereocenters. The van der Waals surface area contributed by atoms with Gasteiger partial charge in [-0.2, -0.15) is 4.98 Å². The van der Waals surface area contributed by atoms with Crippen LogP contribution in [-0.4, -0.2) is 22.6 Å². The third-order valence-corrected chi connectivity index (χ3v) is 3.89. The van der Waals surface area contributed by atoms with Gasteiger partial charge >= 0.3 is 0 Å². The van der Waals surface area contributed by atoms with Gasteiger partial charge in [-0.05, 0) is 18.9 Å². The molecule has 0 aliphatic carbocycles. The quantitative estimate of drug-likeness (QED) is 0.449. The van der Waals surface area contributed by atoms with Crippen LogP contribution in [0, 0.1) is 6.92 Å². The van der Waals surface area contributed by atoms with Crippen molar-refractivity contribution >= 4 is 5.96 Å². The molecule has 2 aromatic rings. The summed E-state index contributed by atoms with van der Waals surface area (Å²) in [5.74, 6) is 2.04. The van der Waals surface area contributed by atoms with Crippen molar-refractivity contribution in [3.05, 3.63) is 47.1 Å². The van der Waals surface area contributed by atoms with Crippen molar-refractivity contribution in [2.75, 3.05) is 6.54 Å². The Balaban J connectivity index is 1.98. The molecule has 0 atom stereocenters. The highest BCUT2D eigenvalue weighted by molar-refractivity contribution is 5.79. The predicted molar refractivity (Wildman–Crippen MR) is 105 cm³/mol. The van der Waals surface area contributed by atoms with Gasteiger partial charge in [-0.25, -0.2) is 4.99 Å². The summed E-state index contributed by atoms with van der Waals surface area (Å²) in [5, 5.41) is 10.7. The molecule has 6 nitrogen and oxygen atoms in total. The number of rotatable bonds is 7. The Labute approximate surface area is 156 Å². The average Bonchev–Trinajstić information content (AvgIpc) is 3.08. The molecule has 0 amide bonds. The van der Waals surface area contributed by atoms with Gasteiger partial charge in [0.05, 0.1) is 13.1 Å². The van der Waals surface area contributed by atoms with E-state index in [1.807, 2.05) is 0 Å². The normalized spacial score (nSPS) is 12.3. The highest BCUT2D eigenvalue weighted by atomic mass is 16.5. The predicted octanol–water partition coefficient (Wildman–Crippen LogP) is 3.71. The SMILES string of the molecule is CCCCNC(=NCc1ccc(C)cc1)NCc1noc(C(C)(C)C)n1. The van der Waals surface area contributed by atoms with E-state index in [0.29, 0.717) is 24.8 Å². The Morgan fingerprint density at radius 3 is 2.50 bits per heavy atom. The molecule has 0 saturated carbocycles. The fourth-order valence-corrected chi connectivity index (χ4v) is 2.21. The van der Waals surface area contributed by atoms with Crippen LogP contribution >= 0.6 is 0 Å². The third-order valence-electron chi connectivity index (χ3n) is 3.89. The Bertz CT molecular complexity index is 698. The standard InChI is InChI=1S/C20H31N5O/c1-6-7-12-21-19(22-13-16-10-8-15(2)9-11-16)23-14-17-24-18(26-25-17)20(3,4)5/h8-11H,6-7,12-14H2,1-5H3,(H2,21,22,23). The number of unbranched alkanes of at least 4 members (excludes halogenated alkanes) is 1. The molecule has 6 heteroatoms. The molecule has 0 bridgehead atoms. The molecule has 2 N–H and O–H groups in total. The van der Waals surface area contributed by atoms with Gasteiger partial charge in [-0.3, -0.25) is 0 Å². The molecule has 2 rings (SSSR count). The molecule has 1 heterocycles. The van der Waals surface area contributed by atoms with Crippen LogP contribution in [0.25, 0.3) is 0 Å². The first kappa shape index (κ1) is 19.9. The lowest BCUT2D eigenvalue weighted by Gasteiger charge is -2.11. The number of nitrogens with one attached hydrogen (secondary N) is 2. The Hall–Kier alpha value is -2.37. The molecule has 0 aliphatic heterocycles. The largest absolute Gasteiger partial charge is 0.356 e. The van der Waals surface area contributed by atoms with Gasteiger partial charge < -0.3 is 15.2 Å². The van der Waals surface area contributed by atoms with Crippen LogP contribution in [0.5, 0.6) is 0 Å². The molecule has 1 aromatic heterocycles. The van der Waals surface area contributed by atoms with Crippen molar-refractivity contribution in [2.45, 2.75) is 66.0 Å². The number of guanidine groups is 1. The number of hydrogen-bond donors (Lipinski definition) is 2. The van der Waals surface area contributed by atoms with Gasteiger partial charge in [0, 0.05) is 12.0 Å².